The number of imidazole rings is 1. The SMILES string of the molecule is O=C(CCNS(=O)(=O)/C=C/c1ccccc1)NCCc1cn2ccccc2n1. The lowest BCUT2D eigenvalue weighted by Crippen LogP contribution is -2.31. The van der Waals surface area contributed by atoms with Gasteiger partial charge < -0.3 is 9.72 Å². The number of sulfonamides is 1. The Balaban J connectivity index is 1.37. The van der Waals surface area contributed by atoms with Gasteiger partial charge in [-0.25, -0.2) is 18.1 Å². The Morgan fingerprint density at radius 3 is 2.64 bits per heavy atom. The van der Waals surface area contributed by atoms with Gasteiger partial charge in [0, 0.05) is 43.7 Å². The van der Waals surface area contributed by atoms with E-state index < -0.39 is 10.0 Å². The Hall–Kier alpha value is -2.97. The predicted molar refractivity (Wildman–Crippen MR) is 109 cm³/mol. The van der Waals surface area contributed by atoms with Crippen LogP contribution in [0.2, 0.25) is 0 Å². The first-order chi connectivity index (χ1) is 13.5. The quantitative estimate of drug-likeness (QED) is 0.576. The minimum Gasteiger partial charge on any atom is -0.356 e. The maximum atomic E-state index is 11.9. The third-order valence-corrected chi connectivity index (χ3v) is 5.11. The highest BCUT2D eigenvalue weighted by Crippen LogP contribution is 2.05. The van der Waals surface area contributed by atoms with Crippen LogP contribution in [-0.4, -0.2) is 36.8 Å². The Morgan fingerprint density at radius 1 is 1.07 bits per heavy atom. The molecule has 8 heteroatoms. The van der Waals surface area contributed by atoms with Crippen molar-refractivity contribution >= 4 is 27.7 Å². The molecular weight excluding hydrogens is 376 g/mol. The van der Waals surface area contributed by atoms with Crippen LogP contribution < -0.4 is 10.0 Å². The lowest BCUT2D eigenvalue weighted by molar-refractivity contribution is -0.120. The first-order valence-corrected chi connectivity index (χ1v) is 10.5. The third-order valence-electron chi connectivity index (χ3n) is 4.01. The molecule has 0 spiro atoms. The van der Waals surface area contributed by atoms with E-state index in [9.17, 15) is 13.2 Å². The Labute approximate surface area is 164 Å². The second-order valence-corrected chi connectivity index (χ2v) is 7.85. The summed E-state index contributed by atoms with van der Waals surface area (Å²) in [5.74, 6) is -0.210. The summed E-state index contributed by atoms with van der Waals surface area (Å²) in [5.41, 5.74) is 2.54. The molecular formula is C20H22N4O3S. The minimum atomic E-state index is -3.58. The fourth-order valence-electron chi connectivity index (χ4n) is 2.61. The molecule has 2 aromatic heterocycles. The summed E-state index contributed by atoms with van der Waals surface area (Å²) in [7, 11) is -3.58. The van der Waals surface area contributed by atoms with Crippen molar-refractivity contribution in [1.82, 2.24) is 19.4 Å². The van der Waals surface area contributed by atoms with Crippen molar-refractivity contribution in [2.24, 2.45) is 0 Å². The molecule has 3 rings (SSSR count). The second-order valence-electron chi connectivity index (χ2n) is 6.20. The van der Waals surface area contributed by atoms with E-state index in [1.807, 2.05) is 65.3 Å². The number of nitrogens with one attached hydrogen (secondary N) is 2. The molecule has 2 N–H and O–H groups in total. The van der Waals surface area contributed by atoms with Crippen LogP contribution in [-0.2, 0) is 21.2 Å². The Morgan fingerprint density at radius 2 is 1.86 bits per heavy atom. The van der Waals surface area contributed by atoms with E-state index in [2.05, 4.69) is 15.0 Å². The Bertz CT molecular complexity index is 1030. The average Bonchev–Trinajstić information content (AvgIpc) is 3.10. The number of carbonyl (C=O) groups excluding carboxylic acids is 1. The van der Waals surface area contributed by atoms with Crippen LogP contribution in [0.3, 0.4) is 0 Å². The molecule has 28 heavy (non-hydrogen) atoms. The number of amides is 1. The van der Waals surface area contributed by atoms with Crippen LogP contribution in [0.4, 0.5) is 0 Å². The first kappa shape index (κ1) is 19.8. The smallest absolute Gasteiger partial charge is 0.233 e. The monoisotopic (exact) mass is 398 g/mol. The Kier molecular flexibility index (Phi) is 6.57. The summed E-state index contributed by atoms with van der Waals surface area (Å²) in [4.78, 5) is 16.3. The predicted octanol–water partition coefficient (Wildman–Crippen LogP) is 1.97. The molecule has 0 unspecified atom stereocenters. The molecule has 7 nitrogen and oxygen atoms in total. The molecule has 0 atom stereocenters. The zero-order valence-electron chi connectivity index (χ0n) is 15.3. The zero-order chi connectivity index (χ0) is 19.8. The highest BCUT2D eigenvalue weighted by Gasteiger charge is 2.07. The number of rotatable bonds is 9. The minimum absolute atomic E-state index is 0.0433. The number of fused-ring (bicyclic) bond motifs is 1. The van der Waals surface area contributed by atoms with Gasteiger partial charge in [-0.3, -0.25) is 4.79 Å². The summed E-state index contributed by atoms with van der Waals surface area (Å²) in [5, 5.41) is 3.88. The molecule has 0 aliphatic heterocycles. The first-order valence-electron chi connectivity index (χ1n) is 8.94. The van der Waals surface area contributed by atoms with Gasteiger partial charge in [-0.05, 0) is 23.8 Å². The van der Waals surface area contributed by atoms with Crippen molar-refractivity contribution in [2.75, 3.05) is 13.1 Å². The van der Waals surface area contributed by atoms with Gasteiger partial charge in [0.1, 0.15) is 5.65 Å². The van der Waals surface area contributed by atoms with Crippen molar-refractivity contribution in [1.29, 1.82) is 0 Å². The van der Waals surface area contributed by atoms with Crippen molar-refractivity contribution in [3.63, 3.8) is 0 Å². The number of benzene rings is 1. The third kappa shape index (κ3) is 6.04. The van der Waals surface area contributed by atoms with Crippen molar-refractivity contribution < 1.29 is 13.2 Å². The van der Waals surface area contributed by atoms with E-state index >= 15 is 0 Å². The summed E-state index contributed by atoms with van der Waals surface area (Å²) in [6.07, 6.45) is 6.04. The van der Waals surface area contributed by atoms with Crippen LogP contribution in [0.1, 0.15) is 17.7 Å². The zero-order valence-corrected chi connectivity index (χ0v) is 16.1. The molecule has 0 aliphatic carbocycles. The van der Waals surface area contributed by atoms with Gasteiger partial charge in [0.05, 0.1) is 5.69 Å². The van der Waals surface area contributed by atoms with Gasteiger partial charge in [-0.15, -0.1) is 0 Å². The lowest BCUT2D eigenvalue weighted by Gasteiger charge is -2.05. The molecule has 0 bridgehead atoms. The highest BCUT2D eigenvalue weighted by atomic mass is 32.2. The summed E-state index contributed by atoms with van der Waals surface area (Å²) >= 11 is 0. The number of pyridine rings is 1. The highest BCUT2D eigenvalue weighted by molar-refractivity contribution is 7.92. The van der Waals surface area contributed by atoms with Gasteiger partial charge in [-0.2, -0.15) is 0 Å². The van der Waals surface area contributed by atoms with Crippen molar-refractivity contribution in [3.8, 4) is 0 Å². The van der Waals surface area contributed by atoms with Crippen LogP contribution in [0.5, 0.6) is 0 Å². The maximum Gasteiger partial charge on any atom is 0.233 e. The van der Waals surface area contributed by atoms with Gasteiger partial charge in [0.15, 0.2) is 0 Å². The molecule has 0 aliphatic rings. The molecule has 3 aromatic rings. The molecule has 2 heterocycles. The van der Waals surface area contributed by atoms with E-state index in [-0.39, 0.29) is 18.9 Å². The number of hydrogen-bond acceptors (Lipinski definition) is 4. The van der Waals surface area contributed by atoms with Gasteiger partial charge >= 0.3 is 0 Å². The van der Waals surface area contributed by atoms with E-state index in [0.717, 1.165) is 22.3 Å². The normalized spacial score (nSPS) is 11.9. The maximum absolute atomic E-state index is 11.9. The van der Waals surface area contributed by atoms with E-state index in [1.54, 1.807) is 0 Å². The lowest BCUT2D eigenvalue weighted by atomic mass is 10.2. The molecule has 1 aromatic carbocycles. The van der Waals surface area contributed by atoms with E-state index in [4.69, 9.17) is 0 Å². The molecule has 146 valence electrons. The summed E-state index contributed by atoms with van der Waals surface area (Å²) in [6, 6.07) is 14.9. The van der Waals surface area contributed by atoms with Gasteiger partial charge in [0.25, 0.3) is 0 Å². The average molecular weight is 398 g/mol. The largest absolute Gasteiger partial charge is 0.356 e. The molecule has 0 saturated heterocycles. The fourth-order valence-corrected chi connectivity index (χ4v) is 3.43. The van der Waals surface area contributed by atoms with Crippen LogP contribution in [0, 0.1) is 0 Å². The molecule has 0 fully saturated rings. The van der Waals surface area contributed by atoms with E-state index in [0.29, 0.717) is 13.0 Å². The number of hydrogen-bond donors (Lipinski definition) is 2. The van der Waals surface area contributed by atoms with Crippen molar-refractivity contribution in [2.45, 2.75) is 12.8 Å². The fraction of sp³-hybridized carbons (Fsp3) is 0.200. The molecule has 0 radical (unpaired) electrons. The number of nitrogens with zero attached hydrogens (tertiary/aromatic N) is 2. The van der Waals surface area contributed by atoms with Crippen LogP contribution >= 0.6 is 0 Å². The van der Waals surface area contributed by atoms with Crippen molar-refractivity contribution in [3.05, 3.63) is 77.6 Å². The molecule has 0 saturated carbocycles. The molecule has 1 amide bonds. The second kappa shape index (κ2) is 9.29. The van der Waals surface area contributed by atoms with Crippen LogP contribution in [0.15, 0.2) is 66.3 Å². The number of aromatic nitrogens is 2. The van der Waals surface area contributed by atoms with E-state index in [1.165, 1.54) is 6.08 Å². The van der Waals surface area contributed by atoms with Gasteiger partial charge in [-0.1, -0.05) is 36.4 Å². The van der Waals surface area contributed by atoms with Gasteiger partial charge in [0.2, 0.25) is 15.9 Å². The number of carbonyl (C=O) groups is 1. The summed E-state index contributed by atoms with van der Waals surface area (Å²) in [6.45, 7) is 0.491. The van der Waals surface area contributed by atoms with Crippen LogP contribution in [0.25, 0.3) is 11.7 Å². The topological polar surface area (TPSA) is 92.6 Å². The summed E-state index contributed by atoms with van der Waals surface area (Å²) < 4.78 is 28.2. The standard InChI is InChI=1S/C20H22N4O3S/c25-20(21-12-9-18-16-24-14-5-4-8-19(24)23-18)10-13-22-28(26,27)15-11-17-6-2-1-3-7-17/h1-8,11,14-16,22H,9-10,12-13H2,(H,21,25)/b15-11+.